The van der Waals surface area contributed by atoms with Crippen LogP contribution in [-0.2, 0) is 13.0 Å². The lowest BCUT2D eigenvalue weighted by Crippen LogP contribution is -2.37. The van der Waals surface area contributed by atoms with E-state index < -0.39 is 0 Å². The number of carbonyl (C=O) groups is 1. The first-order valence-electron chi connectivity index (χ1n) is 7.61. The number of ether oxygens (including phenoxy) is 1. The standard InChI is InChI=1S/C18H14BrClN2O2/c19-11-1-6-16-15(9-11)14-7-8-22(10-17(14)21-16)18(23)24-13-4-2-12(20)3-5-13/h1-6,9,21H,7-8,10H2. The number of nitrogens with zero attached hydrogens (tertiary/aromatic N) is 1. The highest BCUT2D eigenvalue weighted by atomic mass is 79.9. The van der Waals surface area contributed by atoms with E-state index >= 15 is 0 Å². The molecule has 2 heterocycles. The van der Waals surface area contributed by atoms with Crippen LogP contribution in [0.4, 0.5) is 4.79 Å². The molecular formula is C18H14BrClN2O2. The molecule has 0 aliphatic carbocycles. The van der Waals surface area contributed by atoms with Crippen LogP contribution in [0.3, 0.4) is 0 Å². The lowest BCUT2D eigenvalue weighted by Gasteiger charge is -2.26. The molecule has 2 aromatic carbocycles. The zero-order chi connectivity index (χ0) is 16.7. The zero-order valence-electron chi connectivity index (χ0n) is 12.7. The van der Waals surface area contributed by atoms with E-state index in [2.05, 4.69) is 27.0 Å². The molecule has 122 valence electrons. The second-order valence-corrected chi connectivity index (χ2v) is 7.12. The van der Waals surface area contributed by atoms with Crippen molar-refractivity contribution in [2.75, 3.05) is 6.54 Å². The minimum Gasteiger partial charge on any atom is -0.410 e. The fourth-order valence-corrected chi connectivity index (χ4v) is 3.52. The van der Waals surface area contributed by atoms with Gasteiger partial charge in [-0.3, -0.25) is 0 Å². The number of amides is 1. The lowest BCUT2D eigenvalue weighted by atomic mass is 10.0. The van der Waals surface area contributed by atoms with E-state index in [1.165, 1.54) is 10.9 Å². The Kier molecular flexibility index (Phi) is 3.98. The molecule has 0 fully saturated rings. The number of nitrogens with one attached hydrogen (secondary N) is 1. The van der Waals surface area contributed by atoms with Gasteiger partial charge in [-0.2, -0.15) is 0 Å². The van der Waals surface area contributed by atoms with Crippen LogP contribution in [-0.4, -0.2) is 22.5 Å². The number of rotatable bonds is 1. The summed E-state index contributed by atoms with van der Waals surface area (Å²) in [5.74, 6) is 0.496. The van der Waals surface area contributed by atoms with E-state index in [0.29, 0.717) is 23.9 Å². The highest BCUT2D eigenvalue weighted by Gasteiger charge is 2.25. The first-order chi connectivity index (χ1) is 11.6. The molecule has 0 saturated carbocycles. The first kappa shape index (κ1) is 15.5. The van der Waals surface area contributed by atoms with Gasteiger partial charge in [-0.15, -0.1) is 0 Å². The van der Waals surface area contributed by atoms with Crippen LogP contribution in [0.1, 0.15) is 11.3 Å². The number of hydrogen-bond donors (Lipinski definition) is 1. The number of fused-ring (bicyclic) bond motifs is 3. The average molecular weight is 406 g/mol. The van der Waals surface area contributed by atoms with Crippen LogP contribution < -0.4 is 4.74 Å². The van der Waals surface area contributed by atoms with Crippen molar-refractivity contribution < 1.29 is 9.53 Å². The first-order valence-corrected chi connectivity index (χ1v) is 8.78. The fraction of sp³-hybridized carbons (Fsp3) is 0.167. The van der Waals surface area contributed by atoms with E-state index in [1.54, 1.807) is 29.2 Å². The van der Waals surface area contributed by atoms with Crippen molar-refractivity contribution in [3.8, 4) is 5.75 Å². The predicted molar refractivity (Wildman–Crippen MR) is 97.6 cm³/mol. The Morgan fingerprint density at radius 3 is 2.79 bits per heavy atom. The normalized spacial score (nSPS) is 13.8. The molecule has 6 heteroatoms. The number of hydrogen-bond acceptors (Lipinski definition) is 2. The minimum absolute atomic E-state index is 0.345. The molecule has 3 aromatic rings. The van der Waals surface area contributed by atoms with Crippen molar-refractivity contribution in [2.24, 2.45) is 0 Å². The quantitative estimate of drug-likeness (QED) is 0.609. The van der Waals surface area contributed by atoms with Gasteiger partial charge < -0.3 is 14.6 Å². The third-order valence-corrected chi connectivity index (χ3v) is 4.96. The Morgan fingerprint density at radius 2 is 2.00 bits per heavy atom. The summed E-state index contributed by atoms with van der Waals surface area (Å²) in [5, 5.41) is 1.83. The number of benzene rings is 2. The molecule has 24 heavy (non-hydrogen) atoms. The Morgan fingerprint density at radius 1 is 1.21 bits per heavy atom. The van der Waals surface area contributed by atoms with Crippen LogP contribution in [0.5, 0.6) is 5.75 Å². The topological polar surface area (TPSA) is 45.3 Å². The summed E-state index contributed by atoms with van der Waals surface area (Å²) < 4.78 is 6.48. The maximum absolute atomic E-state index is 12.4. The van der Waals surface area contributed by atoms with Crippen LogP contribution in [0.25, 0.3) is 10.9 Å². The molecule has 1 N–H and O–H groups in total. The SMILES string of the molecule is O=C(Oc1ccc(Cl)cc1)N1CCc2c([nH]c3ccc(Br)cc23)C1. The number of aromatic nitrogens is 1. The molecule has 0 saturated heterocycles. The van der Waals surface area contributed by atoms with Gasteiger partial charge in [-0.1, -0.05) is 27.5 Å². The van der Waals surface area contributed by atoms with Crippen molar-refractivity contribution >= 4 is 44.5 Å². The molecule has 0 bridgehead atoms. The monoisotopic (exact) mass is 404 g/mol. The van der Waals surface area contributed by atoms with Gasteiger partial charge in [0.15, 0.2) is 0 Å². The molecule has 0 spiro atoms. The van der Waals surface area contributed by atoms with Crippen molar-refractivity contribution in [1.82, 2.24) is 9.88 Å². The summed E-state index contributed by atoms with van der Waals surface area (Å²) in [7, 11) is 0. The Hall–Kier alpha value is -1.98. The van der Waals surface area contributed by atoms with Crippen molar-refractivity contribution in [3.05, 3.63) is 63.2 Å². The summed E-state index contributed by atoms with van der Waals surface area (Å²) in [6.07, 6.45) is 0.462. The number of aromatic amines is 1. The maximum Gasteiger partial charge on any atom is 0.415 e. The summed E-state index contributed by atoms with van der Waals surface area (Å²) in [4.78, 5) is 17.5. The average Bonchev–Trinajstić information content (AvgIpc) is 2.94. The van der Waals surface area contributed by atoms with Gasteiger partial charge >= 0.3 is 6.09 Å². The molecule has 4 nitrogen and oxygen atoms in total. The van der Waals surface area contributed by atoms with E-state index in [0.717, 1.165) is 22.1 Å². The van der Waals surface area contributed by atoms with Gasteiger partial charge in [0.05, 0.1) is 6.54 Å². The smallest absolute Gasteiger partial charge is 0.410 e. The summed E-state index contributed by atoms with van der Waals surface area (Å²) in [6.45, 7) is 1.16. The zero-order valence-corrected chi connectivity index (χ0v) is 15.0. The van der Waals surface area contributed by atoms with Gasteiger partial charge in [0.2, 0.25) is 0 Å². The Balaban J connectivity index is 1.54. The van der Waals surface area contributed by atoms with Crippen molar-refractivity contribution in [2.45, 2.75) is 13.0 Å². The minimum atomic E-state index is -0.345. The highest BCUT2D eigenvalue weighted by molar-refractivity contribution is 9.10. The second-order valence-electron chi connectivity index (χ2n) is 5.77. The number of carbonyl (C=O) groups excluding carboxylic acids is 1. The highest BCUT2D eigenvalue weighted by Crippen LogP contribution is 2.30. The summed E-state index contributed by atoms with van der Waals surface area (Å²) >= 11 is 9.36. The van der Waals surface area contributed by atoms with Crippen molar-refractivity contribution in [3.63, 3.8) is 0 Å². The van der Waals surface area contributed by atoms with E-state index in [1.807, 2.05) is 12.1 Å². The number of H-pyrrole nitrogens is 1. The van der Waals surface area contributed by atoms with Gasteiger partial charge in [0.25, 0.3) is 0 Å². The van der Waals surface area contributed by atoms with Crippen LogP contribution >= 0.6 is 27.5 Å². The van der Waals surface area contributed by atoms with E-state index in [9.17, 15) is 4.79 Å². The van der Waals surface area contributed by atoms with E-state index in [-0.39, 0.29) is 6.09 Å². The summed E-state index contributed by atoms with van der Waals surface area (Å²) in [5.41, 5.74) is 3.44. The summed E-state index contributed by atoms with van der Waals surface area (Å²) in [6, 6.07) is 13.0. The molecule has 1 aliphatic rings. The van der Waals surface area contributed by atoms with Crippen LogP contribution in [0, 0.1) is 0 Å². The molecule has 4 rings (SSSR count). The van der Waals surface area contributed by atoms with Gasteiger partial charge in [0, 0.05) is 32.6 Å². The molecule has 1 aliphatic heterocycles. The second kappa shape index (κ2) is 6.15. The molecule has 1 aromatic heterocycles. The fourth-order valence-electron chi connectivity index (χ4n) is 3.04. The third kappa shape index (κ3) is 2.89. The molecule has 0 atom stereocenters. The predicted octanol–water partition coefficient (Wildman–Crippen LogP) is 5.14. The van der Waals surface area contributed by atoms with Gasteiger partial charge in [0.1, 0.15) is 5.75 Å². The molecule has 0 radical (unpaired) electrons. The van der Waals surface area contributed by atoms with Crippen LogP contribution in [0.15, 0.2) is 46.9 Å². The molecular weight excluding hydrogens is 392 g/mol. The number of halogens is 2. The van der Waals surface area contributed by atoms with E-state index in [4.69, 9.17) is 16.3 Å². The van der Waals surface area contributed by atoms with Crippen LogP contribution in [0.2, 0.25) is 5.02 Å². The van der Waals surface area contributed by atoms with Gasteiger partial charge in [-0.25, -0.2) is 4.79 Å². The lowest BCUT2D eigenvalue weighted by molar-refractivity contribution is 0.146. The maximum atomic E-state index is 12.4. The van der Waals surface area contributed by atoms with Crippen molar-refractivity contribution in [1.29, 1.82) is 0 Å². The molecule has 0 unspecified atom stereocenters. The van der Waals surface area contributed by atoms with Gasteiger partial charge in [-0.05, 0) is 54.4 Å². The molecule has 1 amide bonds. The largest absolute Gasteiger partial charge is 0.415 e. The third-order valence-electron chi connectivity index (χ3n) is 4.21. The Labute approximate surface area is 152 Å². The Bertz CT molecular complexity index is 921.